The van der Waals surface area contributed by atoms with E-state index >= 15 is 0 Å². The van der Waals surface area contributed by atoms with Gasteiger partial charge in [0.05, 0.1) is 5.56 Å². The molecule has 0 spiro atoms. The Hall–Kier alpha value is -3.29. The zero-order chi connectivity index (χ0) is 33.6. The van der Waals surface area contributed by atoms with Crippen molar-refractivity contribution in [1.29, 1.82) is 0 Å². The van der Waals surface area contributed by atoms with Crippen molar-refractivity contribution in [3.8, 4) is 0 Å². The molecule has 8 nitrogen and oxygen atoms in total. The maximum absolute atomic E-state index is 10.7. The summed E-state index contributed by atoms with van der Waals surface area (Å²) in [5.41, 5.74) is 0.525. The van der Waals surface area contributed by atoms with E-state index in [-0.39, 0.29) is 44.8 Å². The molecular formula is C36H35Au2N2O6P2-2. The summed E-state index contributed by atoms with van der Waals surface area (Å²) in [4.78, 5) is 32.0. The van der Waals surface area contributed by atoms with Crippen LogP contribution in [-0.4, -0.2) is 5.97 Å². The van der Waals surface area contributed by atoms with Crippen LogP contribution in [0, 0.1) is 43.6 Å². The predicted octanol–water partition coefficient (Wildman–Crippen LogP) is 8.40. The Morgan fingerprint density at radius 1 is 0.479 bits per heavy atom. The molecule has 0 saturated carbocycles. The zero-order valence-electron chi connectivity index (χ0n) is 25.8. The minimum atomic E-state index is -3.47. The van der Waals surface area contributed by atoms with Crippen LogP contribution in [0.25, 0.3) is 0 Å². The van der Waals surface area contributed by atoms with Gasteiger partial charge in [-0.2, -0.15) is 7.11 Å². The molecule has 0 atom stereocenters. The molecule has 0 aliphatic carbocycles. The first-order chi connectivity index (χ1) is 22.0. The van der Waals surface area contributed by atoms with Crippen molar-refractivity contribution >= 4 is 40.8 Å². The first-order valence-corrected chi connectivity index (χ1v) is 18.8. The van der Waals surface area contributed by atoms with Crippen LogP contribution in [0.5, 0.6) is 0 Å². The molecule has 259 valence electrons. The van der Waals surface area contributed by atoms with Crippen molar-refractivity contribution in [3.05, 3.63) is 201 Å². The summed E-state index contributed by atoms with van der Waals surface area (Å²) in [5, 5.41) is 8.38. The molecular weight excluding hydrogens is 1010 g/mol. The van der Waals surface area contributed by atoms with Gasteiger partial charge in [-0.1, -0.05) is 18.2 Å². The van der Waals surface area contributed by atoms with Gasteiger partial charge < -0.3 is 4.74 Å². The van der Waals surface area contributed by atoms with Crippen molar-refractivity contribution in [2.24, 2.45) is 10.7 Å². The molecule has 5 rings (SSSR count). The molecule has 0 aliphatic rings. The van der Waals surface area contributed by atoms with Crippen LogP contribution in [-0.2, 0) is 58.7 Å². The van der Waals surface area contributed by atoms with E-state index in [0.29, 0.717) is 5.56 Å². The number of hydrogen-bond donors (Lipinski definition) is 0. The van der Waals surface area contributed by atoms with E-state index in [1.54, 1.807) is 24.3 Å². The number of nitrogens with zero attached hydrogens (tertiary/aromatic N) is 2. The number of esters is 1. The van der Waals surface area contributed by atoms with E-state index in [0.717, 1.165) is 21.2 Å². The monoisotopic (exact) mass is 1050 g/mol. The van der Waals surface area contributed by atoms with Crippen molar-refractivity contribution in [2.45, 2.75) is 0 Å². The van der Waals surface area contributed by atoms with Crippen LogP contribution in [0.1, 0.15) is 10.4 Å². The predicted molar refractivity (Wildman–Crippen MR) is 191 cm³/mol. The van der Waals surface area contributed by atoms with Gasteiger partial charge in [-0.15, -0.1) is 0 Å². The first-order valence-electron chi connectivity index (χ1n) is 13.8. The van der Waals surface area contributed by atoms with Gasteiger partial charge in [-0.25, -0.2) is 4.79 Å². The molecule has 12 heteroatoms. The standard InChI is InChI=1S/2C14H14NO2P.C8H7O2.2Au/c2*1-18(2,17-15-16,13-9-5-3-6-10-13)14-11-7-4-8-12-14;1-10-8(9)7-5-3-2-4-6-7;;/h2*3-12H,1-2H2;2-6H,1H2;;/q2*-2;-1;;+3. The molecule has 0 aromatic heterocycles. The summed E-state index contributed by atoms with van der Waals surface area (Å²) in [6.45, 7) is 9.61. The summed E-state index contributed by atoms with van der Waals surface area (Å²) in [7, 11) is 3.01. The fourth-order valence-corrected chi connectivity index (χ4v) is 9.16. The van der Waals surface area contributed by atoms with E-state index < -0.39 is 19.6 Å². The maximum atomic E-state index is 10.7. The summed E-state index contributed by atoms with van der Waals surface area (Å²) in [5.74, 6) is -0.402. The summed E-state index contributed by atoms with van der Waals surface area (Å²) in [6.07, 6.45) is 0. The Morgan fingerprint density at radius 2 is 0.708 bits per heavy atom. The zero-order valence-corrected chi connectivity index (χ0v) is 31.9. The quantitative estimate of drug-likeness (QED) is 0.0367. The summed E-state index contributed by atoms with van der Waals surface area (Å²) < 4.78 is 14.6. The normalized spacial score (nSPS) is 11.9. The first kappa shape index (κ1) is 42.7. The SMILES string of the molecule is [Au+3].[Au].[CH2-]OC(=O)c1ccccc1.[CH2-]P([CH2-])(ON=O)(c1ccccc1)c1ccccc1.[CH2-]P([CH2-])(ON=O)(c1ccccc1)c1ccccc1. The average Bonchev–Trinajstić information content (AvgIpc) is 3.11. The van der Waals surface area contributed by atoms with Crippen molar-refractivity contribution in [3.63, 3.8) is 0 Å². The second-order valence-electron chi connectivity index (χ2n) is 10.3. The Balaban J connectivity index is 0.000000367. The van der Waals surface area contributed by atoms with E-state index in [9.17, 15) is 14.6 Å². The third-order valence-electron chi connectivity index (χ3n) is 7.02. The third kappa shape index (κ3) is 10.4. The van der Waals surface area contributed by atoms with Gasteiger partial charge in [-0.05, 0) is 12.1 Å². The van der Waals surface area contributed by atoms with Gasteiger partial charge in [0.15, 0.2) is 0 Å². The van der Waals surface area contributed by atoms with Crippen molar-refractivity contribution in [2.75, 3.05) is 0 Å². The minimum absolute atomic E-state index is 0. The van der Waals surface area contributed by atoms with Crippen LogP contribution in [0.2, 0.25) is 0 Å². The molecule has 5 aromatic rings. The van der Waals surface area contributed by atoms with Gasteiger partial charge in [-0.3, -0.25) is 0 Å². The molecule has 0 saturated heterocycles. The second kappa shape index (κ2) is 19.0. The molecule has 5 aromatic carbocycles. The van der Waals surface area contributed by atoms with Crippen molar-refractivity contribution < 1.29 is 63.5 Å². The van der Waals surface area contributed by atoms with Crippen LogP contribution in [0.15, 0.2) is 162 Å². The van der Waals surface area contributed by atoms with Crippen LogP contribution in [0.4, 0.5) is 0 Å². The van der Waals surface area contributed by atoms with Gasteiger partial charge in [0.2, 0.25) is 0 Å². The molecule has 1 radical (unpaired) electrons. The number of ether oxygens (including phenoxy) is 1. The van der Waals surface area contributed by atoms with Gasteiger partial charge >= 0.3 is 241 Å². The molecule has 0 fully saturated rings. The van der Waals surface area contributed by atoms with Crippen LogP contribution in [0.3, 0.4) is 0 Å². The molecule has 0 bridgehead atoms. The van der Waals surface area contributed by atoms with E-state index in [4.69, 9.17) is 9.25 Å². The Kier molecular flexibility index (Phi) is 17.0. The van der Waals surface area contributed by atoms with Gasteiger partial charge in [0, 0.05) is 22.4 Å². The topological polar surface area (TPSA) is 104 Å². The number of carbonyl (C=O) groups excluding carboxylic acids is 1. The Labute approximate surface area is 313 Å². The fraction of sp³-hybridized carbons (Fsp3) is 0. The van der Waals surface area contributed by atoms with E-state index in [1.165, 1.54) is 0 Å². The van der Waals surface area contributed by atoms with Gasteiger partial charge in [0.1, 0.15) is 0 Å². The Bertz CT molecular complexity index is 1510. The fourth-order valence-electron chi connectivity index (χ4n) is 4.40. The molecule has 0 aliphatic heterocycles. The van der Waals surface area contributed by atoms with Crippen molar-refractivity contribution in [1.82, 2.24) is 0 Å². The number of carbonyl (C=O) groups is 1. The average molecular weight is 1050 g/mol. The van der Waals surface area contributed by atoms with E-state index in [2.05, 4.69) is 49.2 Å². The van der Waals surface area contributed by atoms with Crippen LogP contribution < -0.4 is 21.2 Å². The van der Waals surface area contributed by atoms with Crippen LogP contribution >= 0.6 is 13.7 Å². The van der Waals surface area contributed by atoms with E-state index in [1.807, 2.05) is 127 Å². The molecule has 0 amide bonds. The number of benzene rings is 5. The number of hydrogen-bond acceptors (Lipinski definition) is 8. The molecule has 0 unspecified atom stereocenters. The molecule has 0 N–H and O–H groups in total. The van der Waals surface area contributed by atoms with Gasteiger partial charge in [0.25, 0.3) is 0 Å². The second-order valence-corrected chi connectivity index (χ2v) is 18.3. The number of rotatable bonds is 9. The Morgan fingerprint density at radius 3 is 0.917 bits per heavy atom. The third-order valence-corrected chi connectivity index (χ3v) is 13.9. The molecule has 0 heterocycles. The molecule has 48 heavy (non-hydrogen) atoms. The summed E-state index contributed by atoms with van der Waals surface area (Å²) in [6, 6.07) is 46.1. The summed E-state index contributed by atoms with van der Waals surface area (Å²) >= 11 is 0.